The summed E-state index contributed by atoms with van der Waals surface area (Å²) in [7, 11) is -2.08. The van der Waals surface area contributed by atoms with E-state index in [0.717, 1.165) is 12.5 Å². The molecule has 0 bridgehead atoms. The Kier molecular flexibility index (Phi) is 12.9. The van der Waals surface area contributed by atoms with Gasteiger partial charge < -0.3 is 38.7 Å². The van der Waals surface area contributed by atoms with Crippen molar-refractivity contribution in [3.8, 4) is 11.1 Å². The lowest BCUT2D eigenvalue weighted by molar-refractivity contribution is -0.000572. The highest BCUT2D eigenvalue weighted by atomic mass is 32.2. The van der Waals surface area contributed by atoms with E-state index < -0.39 is 33.1 Å². The molecule has 0 fully saturated rings. The number of sulfone groups is 1. The molecule has 0 saturated heterocycles. The summed E-state index contributed by atoms with van der Waals surface area (Å²) in [6.45, 7) is 2.75. The number of carbonyl (C=O) groups excluding carboxylic acids is 1. The van der Waals surface area contributed by atoms with Crippen molar-refractivity contribution in [3.63, 3.8) is 0 Å². The Morgan fingerprint density at radius 3 is 2.37 bits per heavy atom. The van der Waals surface area contributed by atoms with Crippen LogP contribution in [0.5, 0.6) is 0 Å². The van der Waals surface area contributed by atoms with Gasteiger partial charge in [0.2, 0.25) is 0 Å². The third-order valence-corrected chi connectivity index (χ3v) is 8.81. The number of benzene rings is 1. The van der Waals surface area contributed by atoms with Crippen molar-refractivity contribution in [1.29, 1.82) is 0 Å². The zero-order valence-corrected chi connectivity index (χ0v) is 29.4. The van der Waals surface area contributed by atoms with E-state index in [4.69, 9.17) is 24.5 Å². The fourth-order valence-electron chi connectivity index (χ4n) is 5.74. The number of halogens is 2. The maximum absolute atomic E-state index is 15.3. The first-order valence-electron chi connectivity index (χ1n) is 16.2. The molecular weight excluding hydrogens is 706 g/mol. The van der Waals surface area contributed by atoms with Crippen LogP contribution in [0.25, 0.3) is 32.5 Å². The molecular formula is C33H38F2N8O8S. The van der Waals surface area contributed by atoms with Crippen molar-refractivity contribution in [3.05, 3.63) is 85.9 Å². The minimum Gasteiger partial charge on any atom is -0.379 e. The van der Waals surface area contributed by atoms with Crippen LogP contribution in [0.15, 0.2) is 46.7 Å². The number of hydrogen-bond donors (Lipinski definition) is 2. The van der Waals surface area contributed by atoms with Crippen LogP contribution in [0.2, 0.25) is 0 Å². The van der Waals surface area contributed by atoms with Crippen LogP contribution >= 0.6 is 0 Å². The maximum atomic E-state index is 15.3. The summed E-state index contributed by atoms with van der Waals surface area (Å²) < 4.78 is 77.5. The van der Waals surface area contributed by atoms with Gasteiger partial charge in [0.25, 0.3) is 11.5 Å². The highest BCUT2D eigenvalue weighted by molar-refractivity contribution is 7.89. The number of rotatable bonds is 19. The Morgan fingerprint density at radius 2 is 1.71 bits per heavy atom. The number of aromatic amines is 1. The van der Waals surface area contributed by atoms with Gasteiger partial charge in [-0.25, -0.2) is 22.2 Å². The number of fused-ring (bicyclic) bond motifs is 2. The Balaban J connectivity index is 1.29. The molecule has 1 aliphatic rings. The Bertz CT molecular complexity index is 2140. The Labute approximate surface area is 297 Å². The van der Waals surface area contributed by atoms with E-state index in [1.54, 1.807) is 25.5 Å². The van der Waals surface area contributed by atoms with E-state index in [9.17, 15) is 22.4 Å². The third-order valence-electron chi connectivity index (χ3n) is 7.97. The lowest BCUT2D eigenvalue weighted by Gasteiger charge is -2.26. The summed E-state index contributed by atoms with van der Waals surface area (Å²) >= 11 is 0. The van der Waals surface area contributed by atoms with Gasteiger partial charge in [-0.15, -0.1) is 0 Å². The number of aryl methyl sites for hydroxylation is 1. The molecule has 16 nitrogen and oxygen atoms in total. The summed E-state index contributed by atoms with van der Waals surface area (Å²) in [5.41, 5.74) is 10.3. The smallest absolute Gasteiger partial charge is 0.274 e. The molecule has 4 aromatic rings. The fraction of sp³-hybridized carbons (Fsp3) is 0.424. The minimum atomic E-state index is -3.65. The van der Waals surface area contributed by atoms with Crippen molar-refractivity contribution in [1.82, 2.24) is 19.9 Å². The van der Waals surface area contributed by atoms with Crippen molar-refractivity contribution < 1.29 is 40.9 Å². The summed E-state index contributed by atoms with van der Waals surface area (Å²) in [5.74, 6) is -3.14. The molecule has 52 heavy (non-hydrogen) atoms. The molecule has 0 atom stereocenters. The highest BCUT2D eigenvalue weighted by Crippen LogP contribution is 2.44. The monoisotopic (exact) mass is 744 g/mol. The molecule has 0 radical (unpaired) electrons. The van der Waals surface area contributed by atoms with Crippen molar-refractivity contribution in [2.45, 2.75) is 12.3 Å². The topological polar surface area (TPSA) is 203 Å². The number of anilines is 2. The normalized spacial score (nSPS) is 12.4. The molecule has 1 amide bonds. The van der Waals surface area contributed by atoms with E-state index in [0.29, 0.717) is 72.4 Å². The van der Waals surface area contributed by atoms with E-state index in [2.05, 4.69) is 25.3 Å². The van der Waals surface area contributed by atoms with Crippen LogP contribution in [-0.4, -0.2) is 101 Å². The van der Waals surface area contributed by atoms with Gasteiger partial charge in [0.05, 0.1) is 77.0 Å². The molecule has 1 aromatic carbocycles. The number of amides is 1. The van der Waals surface area contributed by atoms with Crippen LogP contribution in [0.4, 0.5) is 20.3 Å². The summed E-state index contributed by atoms with van der Waals surface area (Å²) in [5, 5.41) is 6.67. The van der Waals surface area contributed by atoms with Crippen LogP contribution in [0.3, 0.4) is 0 Å². The second kappa shape index (κ2) is 17.5. The van der Waals surface area contributed by atoms with E-state index in [1.165, 1.54) is 15.5 Å². The van der Waals surface area contributed by atoms with Crippen molar-refractivity contribution >= 4 is 38.2 Å². The number of pyridine rings is 2. The molecule has 1 aliphatic heterocycles. The summed E-state index contributed by atoms with van der Waals surface area (Å²) in [4.78, 5) is 37.8. The van der Waals surface area contributed by atoms with E-state index >= 15 is 4.39 Å². The number of aromatic nitrogens is 3. The zero-order chi connectivity index (χ0) is 37.3. The van der Waals surface area contributed by atoms with Gasteiger partial charge in [-0.3, -0.25) is 9.59 Å². The number of H-pyrrole nitrogens is 1. The molecule has 19 heteroatoms. The number of nitrogens with zero attached hydrogens (tertiary/aromatic N) is 6. The summed E-state index contributed by atoms with van der Waals surface area (Å²) in [6, 6.07) is 3.72. The van der Waals surface area contributed by atoms with Crippen LogP contribution < -0.4 is 15.8 Å². The van der Waals surface area contributed by atoms with Gasteiger partial charge in [-0.1, -0.05) is 5.11 Å². The lowest BCUT2D eigenvalue weighted by atomic mass is 9.96. The summed E-state index contributed by atoms with van der Waals surface area (Å²) in [6.07, 6.45) is 5.14. The molecule has 0 saturated carbocycles. The van der Waals surface area contributed by atoms with Gasteiger partial charge >= 0.3 is 0 Å². The quantitative estimate of drug-likeness (QED) is 0.0619. The van der Waals surface area contributed by atoms with Crippen LogP contribution in [0, 0.1) is 11.6 Å². The molecule has 4 heterocycles. The van der Waals surface area contributed by atoms with Gasteiger partial charge in [0.15, 0.2) is 21.5 Å². The van der Waals surface area contributed by atoms with Gasteiger partial charge in [-0.05, 0) is 28.8 Å². The Morgan fingerprint density at radius 1 is 1.04 bits per heavy atom. The SMILES string of the molecule is Cn1cc2c3c(c[nH]c3c1=O)CN(c1ncc(F)cc1F)c1cc(C(=O)NCCOCCOCCOCCOCCN=[N+]=[N-])c(CS(C)(=O)=O)cc1-2. The fourth-order valence-corrected chi connectivity index (χ4v) is 6.55. The van der Waals surface area contributed by atoms with Crippen molar-refractivity contribution in [2.24, 2.45) is 12.2 Å². The number of hydrogen-bond acceptors (Lipinski definition) is 11. The molecule has 2 N–H and O–H groups in total. The average molecular weight is 745 g/mol. The molecule has 3 aromatic heterocycles. The number of ether oxygens (including phenoxy) is 4. The molecule has 0 spiro atoms. The van der Waals surface area contributed by atoms with Gasteiger partial charge in [-0.2, -0.15) is 0 Å². The first-order valence-corrected chi connectivity index (χ1v) is 18.3. The average Bonchev–Trinajstić information content (AvgIpc) is 3.46. The predicted octanol–water partition coefficient (Wildman–Crippen LogP) is 3.51. The standard InChI is InChI=1S/C33H38F2N8O8S/c1-42-19-26-25-13-21(20-52(2,46)47)24(32(44)37-3-5-48-7-9-50-11-12-51-10-8-49-6-4-40-41-36)15-28(25)43(31-27(35)14-23(34)17-39-31)18-22-16-38-30(29(22)26)33(42)45/h13-17,19,38H,3-12,18,20H2,1-2H3,(H,37,44). The first kappa shape index (κ1) is 38.3. The largest absolute Gasteiger partial charge is 0.379 e. The Hall–Kier alpha value is -4.91. The van der Waals surface area contributed by atoms with Gasteiger partial charge in [0.1, 0.15) is 11.3 Å². The molecule has 0 unspecified atom stereocenters. The molecule has 278 valence electrons. The molecule has 0 aliphatic carbocycles. The minimum absolute atomic E-state index is 0.00814. The predicted molar refractivity (Wildman–Crippen MR) is 187 cm³/mol. The van der Waals surface area contributed by atoms with Crippen LogP contribution in [-0.2, 0) is 48.1 Å². The highest BCUT2D eigenvalue weighted by Gasteiger charge is 2.30. The second-order valence-electron chi connectivity index (χ2n) is 11.8. The maximum Gasteiger partial charge on any atom is 0.274 e. The number of azide groups is 1. The molecule has 5 rings (SSSR count). The first-order chi connectivity index (χ1) is 25.0. The number of carbonyl (C=O) groups is 1. The lowest BCUT2D eigenvalue weighted by Crippen LogP contribution is -2.29. The van der Waals surface area contributed by atoms with E-state index in [-0.39, 0.29) is 62.0 Å². The third kappa shape index (κ3) is 9.49. The van der Waals surface area contributed by atoms with Crippen LogP contribution in [0.1, 0.15) is 21.5 Å². The van der Waals surface area contributed by atoms with E-state index in [1.807, 2.05) is 0 Å². The number of nitrogens with one attached hydrogen (secondary N) is 2. The zero-order valence-electron chi connectivity index (χ0n) is 28.6. The second-order valence-corrected chi connectivity index (χ2v) is 14.0. The van der Waals surface area contributed by atoms with Crippen molar-refractivity contribution in [2.75, 3.05) is 77.1 Å². The van der Waals surface area contributed by atoms with Gasteiger partial charge in [0, 0.05) is 71.8 Å².